The highest BCUT2D eigenvalue weighted by molar-refractivity contribution is 7.12. The number of carbonyl (C=O) groups excluding carboxylic acids is 2. The third-order valence-electron chi connectivity index (χ3n) is 5.35. The summed E-state index contributed by atoms with van der Waals surface area (Å²) in [5.41, 5.74) is 0.363. The third-order valence-corrected chi connectivity index (χ3v) is 7.04. The Labute approximate surface area is 194 Å². The molecule has 2 heterocycles. The van der Waals surface area contributed by atoms with Crippen molar-refractivity contribution in [2.24, 2.45) is 0 Å². The number of methoxy groups -OCH3 is 1. The van der Waals surface area contributed by atoms with E-state index in [0.29, 0.717) is 27.1 Å². The number of aromatic nitrogens is 1. The topological polar surface area (TPSA) is 89.6 Å². The van der Waals surface area contributed by atoms with E-state index in [1.165, 1.54) is 22.7 Å². The van der Waals surface area contributed by atoms with Gasteiger partial charge in [0.2, 0.25) is 0 Å². The highest BCUT2D eigenvalue weighted by Crippen LogP contribution is 2.27. The van der Waals surface area contributed by atoms with Crippen molar-refractivity contribution < 1.29 is 19.1 Å². The van der Waals surface area contributed by atoms with Crippen molar-refractivity contribution in [3.05, 3.63) is 62.7 Å². The first-order valence-corrected chi connectivity index (χ1v) is 12.3. The summed E-state index contributed by atoms with van der Waals surface area (Å²) in [6, 6.07) is 10.9. The van der Waals surface area contributed by atoms with Crippen LogP contribution in [0.4, 0.5) is 0 Å². The number of nitrogens with zero attached hydrogens (tertiary/aromatic N) is 1. The predicted octanol–water partition coefficient (Wildman–Crippen LogP) is 4.26. The molecule has 2 aromatic heterocycles. The third kappa shape index (κ3) is 5.46. The molecule has 2 N–H and O–H groups in total. The van der Waals surface area contributed by atoms with Crippen molar-refractivity contribution in [2.45, 2.75) is 44.4 Å². The lowest BCUT2D eigenvalue weighted by atomic mass is 9.90. The molecule has 0 bridgehead atoms. The molecule has 2 amide bonds. The summed E-state index contributed by atoms with van der Waals surface area (Å²) >= 11 is 2.79. The number of nitrogens with one attached hydrogen (secondary N) is 2. The van der Waals surface area contributed by atoms with Gasteiger partial charge in [0.25, 0.3) is 11.8 Å². The van der Waals surface area contributed by atoms with Crippen molar-refractivity contribution in [1.29, 1.82) is 0 Å². The first-order valence-electron chi connectivity index (χ1n) is 10.5. The number of para-hydroxylation sites is 2. The fourth-order valence-corrected chi connectivity index (χ4v) is 5.04. The zero-order valence-corrected chi connectivity index (χ0v) is 19.3. The fourth-order valence-electron chi connectivity index (χ4n) is 3.72. The van der Waals surface area contributed by atoms with Crippen molar-refractivity contribution >= 4 is 34.5 Å². The second-order valence-electron chi connectivity index (χ2n) is 7.49. The Kier molecular flexibility index (Phi) is 7.39. The number of hydrogen-bond donors (Lipinski definition) is 2. The molecule has 32 heavy (non-hydrogen) atoms. The Morgan fingerprint density at radius 3 is 2.41 bits per heavy atom. The molecule has 0 spiro atoms. The Hall–Kier alpha value is -2.91. The number of rotatable bonds is 8. The summed E-state index contributed by atoms with van der Waals surface area (Å²) in [6.07, 6.45) is 3.72. The molecular weight excluding hydrogens is 446 g/mol. The van der Waals surface area contributed by atoms with Gasteiger partial charge in [-0.3, -0.25) is 9.59 Å². The van der Waals surface area contributed by atoms with Gasteiger partial charge in [-0.1, -0.05) is 31.0 Å². The molecule has 2 atom stereocenters. The van der Waals surface area contributed by atoms with Gasteiger partial charge in [-0.25, -0.2) is 4.98 Å². The van der Waals surface area contributed by atoms with E-state index >= 15 is 0 Å². The highest BCUT2D eigenvalue weighted by Gasteiger charge is 2.29. The second kappa shape index (κ2) is 10.6. The van der Waals surface area contributed by atoms with Gasteiger partial charge in [-0.15, -0.1) is 22.7 Å². The standard InChI is InChI=1S/C23H25N3O4S2/c1-29-18-9-4-5-10-19(18)30-13-21-24-17(14-32-21)22(27)25-15-7-2-3-8-16(15)26-23(28)20-11-6-12-31-20/h4-6,9-12,14-16H,2-3,7-8,13H2,1H3,(H,25,27)(H,26,28)/t15-,16+/m0/s1. The van der Waals surface area contributed by atoms with E-state index in [9.17, 15) is 9.59 Å². The number of amides is 2. The zero-order chi connectivity index (χ0) is 22.3. The van der Waals surface area contributed by atoms with E-state index in [2.05, 4.69) is 15.6 Å². The molecule has 1 aromatic carbocycles. The smallest absolute Gasteiger partial charge is 0.271 e. The van der Waals surface area contributed by atoms with E-state index in [1.807, 2.05) is 35.7 Å². The molecule has 9 heteroatoms. The van der Waals surface area contributed by atoms with Gasteiger partial charge in [0.05, 0.1) is 12.0 Å². The number of hydrogen-bond acceptors (Lipinski definition) is 7. The van der Waals surface area contributed by atoms with Crippen molar-refractivity contribution in [3.63, 3.8) is 0 Å². The summed E-state index contributed by atoms with van der Waals surface area (Å²) in [4.78, 5) is 30.4. The van der Waals surface area contributed by atoms with Crippen LogP contribution in [0.25, 0.3) is 0 Å². The molecule has 0 radical (unpaired) electrons. The monoisotopic (exact) mass is 471 g/mol. The maximum atomic E-state index is 12.8. The number of benzene rings is 1. The zero-order valence-electron chi connectivity index (χ0n) is 17.7. The molecule has 7 nitrogen and oxygen atoms in total. The summed E-state index contributed by atoms with van der Waals surface area (Å²) in [5, 5.41) is 10.5. The summed E-state index contributed by atoms with van der Waals surface area (Å²) in [6.45, 7) is 0.251. The molecule has 1 aliphatic carbocycles. The summed E-state index contributed by atoms with van der Waals surface area (Å²) in [5.74, 6) is 0.959. The van der Waals surface area contributed by atoms with Gasteiger partial charge in [-0.05, 0) is 36.4 Å². The number of carbonyl (C=O) groups is 2. The minimum absolute atomic E-state index is 0.0874. The minimum atomic E-state index is -0.230. The first kappa shape index (κ1) is 22.3. The van der Waals surface area contributed by atoms with Gasteiger partial charge < -0.3 is 20.1 Å². The van der Waals surface area contributed by atoms with Crippen LogP contribution in [0, 0.1) is 0 Å². The van der Waals surface area contributed by atoms with E-state index in [-0.39, 0.29) is 30.5 Å². The van der Waals surface area contributed by atoms with Gasteiger partial charge in [-0.2, -0.15) is 0 Å². The normalized spacial score (nSPS) is 18.0. The molecule has 0 unspecified atom stereocenters. The summed E-state index contributed by atoms with van der Waals surface area (Å²) in [7, 11) is 1.59. The molecule has 3 aromatic rings. The molecule has 0 aliphatic heterocycles. The molecule has 1 fully saturated rings. The molecule has 168 valence electrons. The Morgan fingerprint density at radius 1 is 1.00 bits per heavy atom. The van der Waals surface area contributed by atoms with Crippen molar-refractivity contribution in [1.82, 2.24) is 15.6 Å². The molecule has 1 saturated carbocycles. The Morgan fingerprint density at radius 2 is 1.72 bits per heavy atom. The van der Waals surface area contributed by atoms with Crippen LogP contribution in [0.5, 0.6) is 11.5 Å². The quantitative estimate of drug-likeness (QED) is 0.512. The fraction of sp³-hybridized carbons (Fsp3) is 0.348. The van der Waals surface area contributed by atoms with Gasteiger partial charge in [0.15, 0.2) is 11.5 Å². The van der Waals surface area contributed by atoms with Gasteiger partial charge in [0, 0.05) is 17.5 Å². The van der Waals surface area contributed by atoms with Crippen molar-refractivity contribution in [2.75, 3.05) is 7.11 Å². The first-order chi connectivity index (χ1) is 15.6. The van der Waals surface area contributed by atoms with Crippen LogP contribution in [-0.4, -0.2) is 36.0 Å². The molecular formula is C23H25N3O4S2. The maximum Gasteiger partial charge on any atom is 0.271 e. The van der Waals surface area contributed by atoms with Crippen LogP contribution in [0.2, 0.25) is 0 Å². The number of ether oxygens (including phenoxy) is 2. The SMILES string of the molecule is COc1ccccc1OCc1nc(C(=O)N[C@H]2CCCC[C@H]2NC(=O)c2cccs2)cs1. The van der Waals surface area contributed by atoms with Crippen LogP contribution in [0.15, 0.2) is 47.2 Å². The molecule has 0 saturated heterocycles. The predicted molar refractivity (Wildman–Crippen MR) is 125 cm³/mol. The number of thiazole rings is 1. The van der Waals surface area contributed by atoms with Crippen molar-refractivity contribution in [3.8, 4) is 11.5 Å². The summed E-state index contributed by atoms with van der Waals surface area (Å²) < 4.78 is 11.1. The van der Waals surface area contributed by atoms with Gasteiger partial charge in [0.1, 0.15) is 17.3 Å². The minimum Gasteiger partial charge on any atom is -0.493 e. The number of thiophene rings is 1. The van der Waals surface area contributed by atoms with Crippen LogP contribution in [-0.2, 0) is 6.61 Å². The second-order valence-corrected chi connectivity index (χ2v) is 9.38. The largest absolute Gasteiger partial charge is 0.493 e. The Balaban J connectivity index is 1.34. The van der Waals surface area contributed by atoms with E-state index in [1.54, 1.807) is 18.6 Å². The average Bonchev–Trinajstić information content (AvgIpc) is 3.52. The van der Waals surface area contributed by atoms with Crippen LogP contribution in [0.1, 0.15) is 50.9 Å². The highest BCUT2D eigenvalue weighted by atomic mass is 32.1. The lowest BCUT2D eigenvalue weighted by Crippen LogP contribution is -2.53. The van der Waals surface area contributed by atoms with Crippen LogP contribution < -0.4 is 20.1 Å². The lowest BCUT2D eigenvalue weighted by Gasteiger charge is -2.32. The van der Waals surface area contributed by atoms with Gasteiger partial charge >= 0.3 is 0 Å². The van der Waals surface area contributed by atoms with Crippen LogP contribution in [0.3, 0.4) is 0 Å². The average molecular weight is 472 g/mol. The van der Waals surface area contributed by atoms with E-state index in [0.717, 1.165) is 25.7 Å². The molecule has 4 rings (SSSR count). The van der Waals surface area contributed by atoms with Crippen LogP contribution >= 0.6 is 22.7 Å². The van der Waals surface area contributed by atoms with E-state index < -0.39 is 0 Å². The lowest BCUT2D eigenvalue weighted by molar-refractivity contribution is 0.0862. The van der Waals surface area contributed by atoms with E-state index in [4.69, 9.17) is 9.47 Å². The molecule has 1 aliphatic rings. The Bertz CT molecular complexity index is 1050. The maximum absolute atomic E-state index is 12.8.